The van der Waals surface area contributed by atoms with Gasteiger partial charge in [-0.15, -0.1) is 0 Å². The van der Waals surface area contributed by atoms with E-state index in [0.29, 0.717) is 15.9 Å². The second-order valence-corrected chi connectivity index (χ2v) is 5.26. The molecule has 21 heavy (non-hydrogen) atoms. The monoisotopic (exact) mass is 352 g/mol. The summed E-state index contributed by atoms with van der Waals surface area (Å²) in [6.07, 6.45) is 0.125. The van der Waals surface area contributed by atoms with Gasteiger partial charge in [-0.1, -0.05) is 15.9 Å². The molecule has 0 spiro atoms. The Morgan fingerprint density at radius 2 is 1.95 bits per heavy atom. The molecule has 0 fully saturated rings. The Morgan fingerprint density at radius 3 is 2.62 bits per heavy atom. The molecule has 0 saturated heterocycles. The van der Waals surface area contributed by atoms with Crippen molar-refractivity contribution in [1.29, 1.82) is 0 Å². The van der Waals surface area contributed by atoms with Crippen LogP contribution in [-0.2, 0) is 4.79 Å². The van der Waals surface area contributed by atoms with E-state index in [4.69, 9.17) is 10.5 Å². The third kappa shape index (κ3) is 4.75. The SMILES string of the molecule is Nc1ccc(OCCC(=O)Nc2ccc(Br)cc2F)cc1. The number of hydrogen-bond acceptors (Lipinski definition) is 3. The van der Waals surface area contributed by atoms with E-state index < -0.39 is 5.82 Å². The Balaban J connectivity index is 1.81. The first-order chi connectivity index (χ1) is 10.0. The number of halogens is 2. The fourth-order valence-corrected chi connectivity index (χ4v) is 1.96. The summed E-state index contributed by atoms with van der Waals surface area (Å²) >= 11 is 3.15. The van der Waals surface area contributed by atoms with Gasteiger partial charge in [0.25, 0.3) is 0 Å². The molecule has 110 valence electrons. The maximum Gasteiger partial charge on any atom is 0.227 e. The van der Waals surface area contributed by atoms with Crippen LogP contribution < -0.4 is 15.8 Å². The summed E-state index contributed by atoms with van der Waals surface area (Å²) in [6.45, 7) is 0.202. The maximum absolute atomic E-state index is 13.5. The minimum absolute atomic E-state index is 0.125. The Morgan fingerprint density at radius 1 is 1.24 bits per heavy atom. The first-order valence-electron chi connectivity index (χ1n) is 6.28. The lowest BCUT2D eigenvalue weighted by Crippen LogP contribution is -2.16. The van der Waals surface area contributed by atoms with Crippen molar-refractivity contribution in [3.8, 4) is 5.75 Å². The second kappa shape index (κ2) is 7.08. The molecule has 0 unspecified atom stereocenters. The van der Waals surface area contributed by atoms with E-state index in [1.165, 1.54) is 12.1 Å². The number of nitrogen functional groups attached to an aromatic ring is 1. The third-order valence-electron chi connectivity index (χ3n) is 2.68. The molecule has 6 heteroatoms. The lowest BCUT2D eigenvalue weighted by molar-refractivity contribution is -0.116. The van der Waals surface area contributed by atoms with Crippen LogP contribution in [0.5, 0.6) is 5.75 Å². The highest BCUT2D eigenvalue weighted by atomic mass is 79.9. The van der Waals surface area contributed by atoms with Crippen molar-refractivity contribution in [2.24, 2.45) is 0 Å². The number of nitrogens with two attached hydrogens (primary N) is 1. The zero-order valence-electron chi connectivity index (χ0n) is 11.1. The molecule has 0 aliphatic carbocycles. The molecule has 0 aliphatic heterocycles. The van der Waals surface area contributed by atoms with Gasteiger partial charge in [0.15, 0.2) is 0 Å². The normalized spacial score (nSPS) is 10.2. The molecule has 0 aromatic heterocycles. The number of benzene rings is 2. The van der Waals surface area contributed by atoms with Gasteiger partial charge < -0.3 is 15.8 Å². The molecular weight excluding hydrogens is 339 g/mol. The van der Waals surface area contributed by atoms with Crippen LogP contribution >= 0.6 is 15.9 Å². The Hall–Kier alpha value is -2.08. The largest absolute Gasteiger partial charge is 0.493 e. The topological polar surface area (TPSA) is 64.3 Å². The molecular formula is C15H14BrFN2O2. The van der Waals surface area contributed by atoms with Crippen molar-refractivity contribution in [2.45, 2.75) is 6.42 Å². The lowest BCUT2D eigenvalue weighted by atomic mass is 10.3. The number of rotatable bonds is 5. The van der Waals surface area contributed by atoms with Crippen LogP contribution in [0.25, 0.3) is 0 Å². The van der Waals surface area contributed by atoms with Gasteiger partial charge in [-0.05, 0) is 42.5 Å². The quantitative estimate of drug-likeness (QED) is 0.808. The van der Waals surface area contributed by atoms with Gasteiger partial charge in [0.05, 0.1) is 18.7 Å². The van der Waals surface area contributed by atoms with E-state index in [9.17, 15) is 9.18 Å². The molecule has 0 bridgehead atoms. The number of amides is 1. The Bertz CT molecular complexity index is 632. The van der Waals surface area contributed by atoms with E-state index in [0.717, 1.165) is 0 Å². The van der Waals surface area contributed by atoms with Crippen LogP contribution in [0, 0.1) is 5.82 Å². The number of carbonyl (C=O) groups is 1. The van der Waals surface area contributed by atoms with Crippen molar-refractivity contribution >= 4 is 33.2 Å². The fourth-order valence-electron chi connectivity index (χ4n) is 1.63. The molecule has 2 aromatic carbocycles. The number of ether oxygens (including phenoxy) is 1. The van der Waals surface area contributed by atoms with Crippen LogP contribution in [0.3, 0.4) is 0 Å². The van der Waals surface area contributed by atoms with E-state index in [-0.39, 0.29) is 24.6 Å². The van der Waals surface area contributed by atoms with Gasteiger partial charge in [0, 0.05) is 10.2 Å². The van der Waals surface area contributed by atoms with Crippen LogP contribution in [-0.4, -0.2) is 12.5 Å². The molecule has 0 aliphatic rings. The van der Waals surface area contributed by atoms with Gasteiger partial charge in [0.2, 0.25) is 5.91 Å². The number of anilines is 2. The average molecular weight is 353 g/mol. The number of nitrogens with one attached hydrogen (secondary N) is 1. The predicted octanol–water partition coefficient (Wildman–Crippen LogP) is 3.58. The van der Waals surface area contributed by atoms with Crippen molar-refractivity contribution in [3.63, 3.8) is 0 Å². The molecule has 0 heterocycles. The molecule has 4 nitrogen and oxygen atoms in total. The van der Waals surface area contributed by atoms with Crippen LogP contribution in [0.2, 0.25) is 0 Å². The summed E-state index contributed by atoms with van der Waals surface area (Å²) in [7, 11) is 0. The Labute approximate surface area is 130 Å². The summed E-state index contributed by atoms with van der Waals surface area (Å²) in [4.78, 5) is 11.7. The molecule has 0 atom stereocenters. The highest BCUT2D eigenvalue weighted by Gasteiger charge is 2.07. The third-order valence-corrected chi connectivity index (χ3v) is 3.18. The smallest absolute Gasteiger partial charge is 0.227 e. The average Bonchev–Trinajstić information content (AvgIpc) is 2.44. The number of hydrogen-bond donors (Lipinski definition) is 2. The van der Waals surface area contributed by atoms with E-state index >= 15 is 0 Å². The number of carbonyl (C=O) groups excluding carboxylic acids is 1. The van der Waals surface area contributed by atoms with E-state index in [2.05, 4.69) is 21.2 Å². The zero-order valence-corrected chi connectivity index (χ0v) is 12.7. The summed E-state index contributed by atoms with van der Waals surface area (Å²) in [5.74, 6) is -0.171. The molecule has 2 rings (SSSR count). The minimum atomic E-state index is -0.489. The van der Waals surface area contributed by atoms with Crippen molar-refractivity contribution in [2.75, 3.05) is 17.7 Å². The Kier molecular flexibility index (Phi) is 5.16. The van der Waals surface area contributed by atoms with Crippen molar-refractivity contribution < 1.29 is 13.9 Å². The summed E-state index contributed by atoms with van der Waals surface area (Å²) in [6, 6.07) is 11.3. The van der Waals surface area contributed by atoms with Gasteiger partial charge in [-0.2, -0.15) is 0 Å². The minimum Gasteiger partial charge on any atom is -0.493 e. The van der Waals surface area contributed by atoms with E-state index in [1.54, 1.807) is 30.3 Å². The van der Waals surface area contributed by atoms with Crippen molar-refractivity contribution in [3.05, 3.63) is 52.8 Å². The molecule has 0 saturated carbocycles. The van der Waals surface area contributed by atoms with Crippen molar-refractivity contribution in [1.82, 2.24) is 0 Å². The predicted molar refractivity (Wildman–Crippen MR) is 83.7 cm³/mol. The van der Waals surface area contributed by atoms with Gasteiger partial charge in [0.1, 0.15) is 11.6 Å². The van der Waals surface area contributed by atoms with Crippen LogP contribution in [0.1, 0.15) is 6.42 Å². The molecule has 1 amide bonds. The summed E-state index contributed by atoms with van der Waals surface area (Å²) in [5.41, 5.74) is 6.35. The van der Waals surface area contributed by atoms with Gasteiger partial charge in [-0.25, -0.2) is 4.39 Å². The van der Waals surface area contributed by atoms with Gasteiger partial charge >= 0.3 is 0 Å². The first-order valence-corrected chi connectivity index (χ1v) is 7.07. The zero-order chi connectivity index (χ0) is 15.2. The fraction of sp³-hybridized carbons (Fsp3) is 0.133. The van der Waals surface area contributed by atoms with Crippen LogP contribution in [0.15, 0.2) is 46.9 Å². The highest BCUT2D eigenvalue weighted by Crippen LogP contribution is 2.19. The summed E-state index contributed by atoms with van der Waals surface area (Å²) in [5, 5.41) is 2.50. The van der Waals surface area contributed by atoms with Crippen LogP contribution in [0.4, 0.5) is 15.8 Å². The second-order valence-electron chi connectivity index (χ2n) is 4.34. The molecule has 0 radical (unpaired) electrons. The molecule has 3 N–H and O–H groups in total. The first kappa shape index (κ1) is 15.3. The highest BCUT2D eigenvalue weighted by molar-refractivity contribution is 9.10. The van der Waals surface area contributed by atoms with Gasteiger partial charge in [-0.3, -0.25) is 4.79 Å². The molecule has 2 aromatic rings. The van der Waals surface area contributed by atoms with E-state index in [1.807, 2.05) is 0 Å². The maximum atomic E-state index is 13.5. The lowest BCUT2D eigenvalue weighted by Gasteiger charge is -2.08. The standard InChI is InChI=1S/C15H14BrFN2O2/c16-10-1-6-14(13(17)9-10)19-15(20)7-8-21-12-4-2-11(18)3-5-12/h1-6,9H,7-8,18H2,(H,19,20). The summed E-state index contributed by atoms with van der Waals surface area (Å²) < 4.78 is 19.6.